The van der Waals surface area contributed by atoms with Gasteiger partial charge in [-0.25, -0.2) is 0 Å². The molecular weight excluding hydrogens is 873 g/mol. The van der Waals surface area contributed by atoms with E-state index >= 15 is 0 Å². The van der Waals surface area contributed by atoms with E-state index in [0.717, 1.165) is 33.4 Å². The summed E-state index contributed by atoms with van der Waals surface area (Å²) in [7, 11) is 0. The molecule has 0 unspecified atom stereocenters. The number of benzene rings is 6. The Morgan fingerprint density at radius 1 is 0.232 bits per heavy atom. The van der Waals surface area contributed by atoms with Crippen LogP contribution in [0, 0.1) is 71.0 Å². The summed E-state index contributed by atoms with van der Waals surface area (Å²) >= 11 is 0. The largest absolute Gasteiger partial charge is 0.279 e. The molecule has 0 saturated carbocycles. The van der Waals surface area contributed by atoms with Gasteiger partial charge in [0.1, 0.15) is 0 Å². The standard InChI is InChI=1S/3C17H10O.2Pd/c3*18-17(13-11-15-7-3-1-4-8-15)14-12-16-9-5-2-6-10-16;;/h3*1-10H;;. The summed E-state index contributed by atoms with van der Waals surface area (Å²) in [5.41, 5.74) is 4.87. The van der Waals surface area contributed by atoms with Gasteiger partial charge in [-0.3, -0.25) is 14.4 Å². The molecular formula is C51H30O3Pd2. The van der Waals surface area contributed by atoms with Crippen molar-refractivity contribution >= 4 is 17.3 Å². The van der Waals surface area contributed by atoms with Crippen LogP contribution in [0.3, 0.4) is 0 Å². The Morgan fingerprint density at radius 3 is 0.482 bits per heavy atom. The molecule has 6 aromatic carbocycles. The molecule has 3 nitrogen and oxygen atoms in total. The third-order valence-electron chi connectivity index (χ3n) is 6.56. The van der Waals surface area contributed by atoms with Crippen LogP contribution in [0.4, 0.5) is 0 Å². The van der Waals surface area contributed by atoms with Crippen LogP contribution in [0.25, 0.3) is 0 Å². The SMILES string of the molecule is O=C(C#Cc1ccccc1)C#Cc1ccccc1.O=C(C#Cc1ccccc1)C#Cc1ccccc1.O=C(C#Cc1ccccc1)C#Cc1ccccc1.[Pd].[Pd]. The number of rotatable bonds is 0. The molecule has 0 saturated heterocycles. The maximum absolute atomic E-state index is 11.4. The number of ketones is 3. The van der Waals surface area contributed by atoms with Crippen molar-refractivity contribution in [3.63, 3.8) is 0 Å². The predicted octanol–water partition coefficient (Wildman–Crippen LogP) is 7.97. The second-order valence-electron chi connectivity index (χ2n) is 10.7. The molecule has 0 radical (unpaired) electrons. The van der Waals surface area contributed by atoms with Crippen LogP contribution in [0.2, 0.25) is 0 Å². The van der Waals surface area contributed by atoms with E-state index in [9.17, 15) is 14.4 Å². The minimum Gasteiger partial charge on any atom is -0.270 e. The summed E-state index contributed by atoms with van der Waals surface area (Å²) in [6, 6.07) is 56.2. The minimum atomic E-state index is -0.372. The Bertz CT molecular complexity index is 2070. The number of carbonyl (C=O) groups excluding carboxylic acids is 3. The molecule has 6 aromatic rings. The van der Waals surface area contributed by atoms with E-state index in [0.29, 0.717) is 0 Å². The van der Waals surface area contributed by atoms with Gasteiger partial charge in [-0.1, -0.05) is 145 Å². The summed E-state index contributed by atoms with van der Waals surface area (Å²) in [6.07, 6.45) is 0. The second kappa shape index (κ2) is 27.6. The van der Waals surface area contributed by atoms with Gasteiger partial charge in [-0.2, -0.15) is 0 Å². The van der Waals surface area contributed by atoms with Gasteiger partial charge in [0.15, 0.2) is 0 Å². The van der Waals surface area contributed by atoms with Crippen molar-refractivity contribution in [1.82, 2.24) is 0 Å². The van der Waals surface area contributed by atoms with Gasteiger partial charge in [0.05, 0.1) is 0 Å². The van der Waals surface area contributed by atoms with Crippen molar-refractivity contribution in [2.75, 3.05) is 0 Å². The summed E-state index contributed by atoms with van der Waals surface area (Å²) in [5.74, 6) is 30.6. The van der Waals surface area contributed by atoms with Crippen LogP contribution in [0.5, 0.6) is 0 Å². The quantitative estimate of drug-likeness (QED) is 0.115. The van der Waals surface area contributed by atoms with Crippen molar-refractivity contribution < 1.29 is 55.2 Å². The van der Waals surface area contributed by atoms with Gasteiger partial charge >= 0.3 is 0 Å². The van der Waals surface area contributed by atoms with Crippen LogP contribution in [0.1, 0.15) is 33.4 Å². The first-order valence-electron chi connectivity index (χ1n) is 16.6. The van der Waals surface area contributed by atoms with Crippen LogP contribution in [-0.2, 0) is 55.2 Å². The van der Waals surface area contributed by atoms with Crippen LogP contribution < -0.4 is 0 Å². The first-order valence-corrected chi connectivity index (χ1v) is 16.6. The molecule has 0 atom stereocenters. The molecule has 0 aliphatic carbocycles. The fraction of sp³-hybridized carbons (Fsp3) is 0. The molecule has 0 aliphatic heterocycles. The van der Waals surface area contributed by atoms with Gasteiger partial charge in [-0.05, 0) is 108 Å². The van der Waals surface area contributed by atoms with Crippen molar-refractivity contribution in [3.05, 3.63) is 215 Å². The molecule has 56 heavy (non-hydrogen) atoms. The fourth-order valence-corrected chi connectivity index (χ4v) is 4.00. The van der Waals surface area contributed by atoms with Crippen molar-refractivity contribution in [2.24, 2.45) is 0 Å². The summed E-state index contributed by atoms with van der Waals surface area (Å²) in [5, 5.41) is 0. The molecule has 0 spiro atoms. The molecule has 272 valence electrons. The Morgan fingerprint density at radius 2 is 0.357 bits per heavy atom. The van der Waals surface area contributed by atoms with Crippen LogP contribution in [-0.4, -0.2) is 17.3 Å². The van der Waals surface area contributed by atoms with Gasteiger partial charge in [-0.15, -0.1) is 0 Å². The van der Waals surface area contributed by atoms with Crippen molar-refractivity contribution in [3.8, 4) is 71.0 Å². The number of hydrogen-bond acceptors (Lipinski definition) is 3. The normalized spacial score (nSPS) is 8.14. The van der Waals surface area contributed by atoms with Crippen LogP contribution >= 0.6 is 0 Å². The van der Waals surface area contributed by atoms with E-state index in [4.69, 9.17) is 0 Å². The van der Waals surface area contributed by atoms with E-state index in [-0.39, 0.29) is 58.2 Å². The van der Waals surface area contributed by atoms with E-state index < -0.39 is 0 Å². The van der Waals surface area contributed by atoms with Gasteiger partial charge in [0, 0.05) is 74.2 Å². The average molecular weight is 904 g/mol. The predicted molar refractivity (Wildman–Crippen MR) is 215 cm³/mol. The Kier molecular flexibility index (Phi) is 22.3. The monoisotopic (exact) mass is 902 g/mol. The molecule has 0 amide bonds. The van der Waals surface area contributed by atoms with Crippen molar-refractivity contribution in [2.45, 2.75) is 0 Å². The molecule has 5 heteroatoms. The maximum atomic E-state index is 11.4. The zero-order chi connectivity index (χ0) is 37.9. The van der Waals surface area contributed by atoms with E-state index in [1.807, 2.05) is 182 Å². The Balaban J connectivity index is 0.000000285. The zero-order valence-electron chi connectivity index (χ0n) is 29.7. The molecule has 0 aromatic heterocycles. The molecule has 0 aliphatic rings. The summed E-state index contributed by atoms with van der Waals surface area (Å²) in [4.78, 5) is 34.3. The van der Waals surface area contributed by atoms with Crippen molar-refractivity contribution in [1.29, 1.82) is 0 Å². The maximum Gasteiger partial charge on any atom is 0.279 e. The minimum absolute atomic E-state index is 0. The third-order valence-corrected chi connectivity index (χ3v) is 6.56. The zero-order valence-corrected chi connectivity index (χ0v) is 32.8. The van der Waals surface area contributed by atoms with E-state index in [1.54, 1.807) is 0 Å². The number of Topliss-reactive ketones (excluding diaryl/α,β-unsaturated/α-hetero) is 3. The average Bonchev–Trinajstić information content (AvgIpc) is 3.24. The van der Waals surface area contributed by atoms with Gasteiger partial charge < -0.3 is 0 Å². The van der Waals surface area contributed by atoms with Crippen LogP contribution in [0.15, 0.2) is 182 Å². The fourth-order valence-electron chi connectivity index (χ4n) is 4.00. The second-order valence-corrected chi connectivity index (χ2v) is 10.7. The molecule has 0 bridgehead atoms. The van der Waals surface area contributed by atoms with E-state index in [1.165, 1.54) is 0 Å². The van der Waals surface area contributed by atoms with Gasteiger partial charge in [0.25, 0.3) is 17.3 Å². The number of hydrogen-bond donors (Lipinski definition) is 0. The summed E-state index contributed by atoms with van der Waals surface area (Å²) in [6.45, 7) is 0. The first kappa shape index (κ1) is 45.2. The topological polar surface area (TPSA) is 51.2 Å². The van der Waals surface area contributed by atoms with E-state index in [2.05, 4.69) is 71.0 Å². The molecule has 0 fully saturated rings. The molecule has 6 rings (SSSR count). The molecule has 0 N–H and O–H groups in total. The molecule has 0 heterocycles. The smallest absolute Gasteiger partial charge is 0.270 e. The number of carbonyl (C=O) groups is 3. The van der Waals surface area contributed by atoms with Gasteiger partial charge in [0.2, 0.25) is 0 Å². The first-order chi connectivity index (χ1) is 26.5. The third kappa shape index (κ3) is 19.7. The Labute approximate surface area is 356 Å². The Hall–Kier alpha value is -6.99. The summed E-state index contributed by atoms with van der Waals surface area (Å²) < 4.78 is 0.